The van der Waals surface area contributed by atoms with Gasteiger partial charge in [0, 0.05) is 18.5 Å². The number of rotatable bonds is 6. The molecule has 0 radical (unpaired) electrons. The Morgan fingerprint density at radius 3 is 2.80 bits per heavy atom. The van der Waals surface area contributed by atoms with Gasteiger partial charge in [0.15, 0.2) is 0 Å². The number of carbonyl (C=O) groups is 2. The third-order valence-corrected chi connectivity index (χ3v) is 4.61. The first-order valence-electron chi connectivity index (χ1n) is 6.73. The van der Waals surface area contributed by atoms with Crippen LogP contribution in [0.25, 0.3) is 0 Å². The number of methoxy groups -OCH3 is 1. The smallest absolute Gasteiger partial charge is 0.323 e. The first-order valence-corrected chi connectivity index (χ1v) is 7.55. The van der Waals surface area contributed by atoms with Crippen molar-refractivity contribution in [3.63, 3.8) is 0 Å². The third kappa shape index (κ3) is 3.58. The van der Waals surface area contributed by atoms with E-state index in [9.17, 15) is 9.59 Å². The van der Waals surface area contributed by atoms with Gasteiger partial charge in [-0.05, 0) is 37.3 Å². The van der Waals surface area contributed by atoms with Crippen LogP contribution in [0.4, 0.5) is 0 Å². The Kier molecular flexibility index (Phi) is 5.14. The lowest BCUT2D eigenvalue weighted by atomic mass is 9.99. The van der Waals surface area contributed by atoms with Gasteiger partial charge in [-0.15, -0.1) is 11.3 Å². The van der Waals surface area contributed by atoms with Crippen molar-refractivity contribution in [2.24, 2.45) is 0 Å². The van der Waals surface area contributed by atoms with Gasteiger partial charge < -0.3 is 14.7 Å². The summed E-state index contributed by atoms with van der Waals surface area (Å²) in [6, 6.07) is 1.93. The van der Waals surface area contributed by atoms with E-state index >= 15 is 0 Å². The maximum Gasteiger partial charge on any atom is 0.323 e. The van der Waals surface area contributed by atoms with Gasteiger partial charge in [0.1, 0.15) is 6.54 Å². The largest absolute Gasteiger partial charge is 0.480 e. The van der Waals surface area contributed by atoms with Crippen LogP contribution >= 0.6 is 11.3 Å². The maximum absolute atomic E-state index is 12.4. The van der Waals surface area contributed by atoms with E-state index in [4.69, 9.17) is 9.84 Å². The van der Waals surface area contributed by atoms with Gasteiger partial charge in [-0.25, -0.2) is 0 Å². The zero-order chi connectivity index (χ0) is 14.5. The average Bonchev–Trinajstić information content (AvgIpc) is 2.86. The Bertz CT molecular complexity index is 474. The van der Waals surface area contributed by atoms with Gasteiger partial charge in [0.05, 0.1) is 11.5 Å². The lowest BCUT2D eigenvalue weighted by Crippen LogP contribution is -2.37. The lowest BCUT2D eigenvalue weighted by molar-refractivity contribution is -0.137. The zero-order valence-corrected chi connectivity index (χ0v) is 12.4. The van der Waals surface area contributed by atoms with Crippen molar-refractivity contribution in [2.75, 3.05) is 26.8 Å². The van der Waals surface area contributed by atoms with E-state index in [0.717, 1.165) is 12.8 Å². The average molecular weight is 297 g/mol. The fraction of sp³-hybridized carbons (Fsp3) is 0.571. The van der Waals surface area contributed by atoms with Gasteiger partial charge in [-0.2, -0.15) is 0 Å². The number of carboxylic acid groups (broad SMARTS) is 1. The summed E-state index contributed by atoms with van der Waals surface area (Å²) in [5, 5.41) is 8.91. The Morgan fingerprint density at radius 1 is 1.40 bits per heavy atom. The highest BCUT2D eigenvalue weighted by Crippen LogP contribution is 2.30. The highest BCUT2D eigenvalue weighted by molar-refractivity contribution is 7.14. The second-order valence-corrected chi connectivity index (χ2v) is 6.02. The molecule has 0 spiro atoms. The van der Waals surface area contributed by atoms with Crippen LogP contribution in [0, 0.1) is 0 Å². The third-order valence-electron chi connectivity index (χ3n) is 3.39. The monoisotopic (exact) mass is 297 g/mol. The second-order valence-electron chi connectivity index (χ2n) is 4.88. The summed E-state index contributed by atoms with van der Waals surface area (Å²) >= 11 is 1.51. The predicted octanol–water partition coefficient (Wildman–Crippen LogP) is 1.80. The molecule has 1 aliphatic carbocycles. The molecule has 6 heteroatoms. The molecule has 5 nitrogen and oxygen atoms in total. The normalized spacial score (nSPS) is 13.8. The highest BCUT2D eigenvalue weighted by atomic mass is 32.1. The van der Waals surface area contributed by atoms with Gasteiger partial charge in [-0.3, -0.25) is 9.59 Å². The number of thiophene rings is 1. The predicted molar refractivity (Wildman–Crippen MR) is 76.4 cm³/mol. The number of carbonyl (C=O) groups excluding carboxylic acids is 1. The zero-order valence-electron chi connectivity index (χ0n) is 11.6. The molecule has 20 heavy (non-hydrogen) atoms. The van der Waals surface area contributed by atoms with Crippen molar-refractivity contribution in [3.8, 4) is 0 Å². The van der Waals surface area contributed by atoms with Gasteiger partial charge in [0.25, 0.3) is 5.91 Å². The second kappa shape index (κ2) is 6.85. The molecule has 1 amide bonds. The van der Waals surface area contributed by atoms with Crippen LogP contribution in [-0.2, 0) is 22.4 Å². The molecule has 2 rings (SSSR count). The first kappa shape index (κ1) is 15.0. The van der Waals surface area contributed by atoms with E-state index in [-0.39, 0.29) is 12.5 Å². The molecular weight excluding hydrogens is 278 g/mol. The van der Waals surface area contributed by atoms with E-state index in [0.29, 0.717) is 18.0 Å². The van der Waals surface area contributed by atoms with Crippen molar-refractivity contribution >= 4 is 23.2 Å². The van der Waals surface area contributed by atoms with Crippen molar-refractivity contribution in [1.29, 1.82) is 0 Å². The van der Waals surface area contributed by atoms with Crippen LogP contribution in [0.5, 0.6) is 0 Å². The molecule has 0 saturated carbocycles. The molecule has 0 saturated heterocycles. The molecule has 1 heterocycles. The fourth-order valence-electron chi connectivity index (χ4n) is 2.37. The number of aryl methyl sites for hydroxylation is 2. The fourth-order valence-corrected chi connectivity index (χ4v) is 3.59. The molecule has 1 aromatic rings. The van der Waals surface area contributed by atoms with E-state index in [1.165, 1.54) is 46.6 Å². The van der Waals surface area contributed by atoms with Crippen LogP contribution in [0.1, 0.15) is 33.0 Å². The first-order chi connectivity index (χ1) is 9.61. The molecule has 0 atom stereocenters. The molecule has 1 N–H and O–H groups in total. The number of hydrogen-bond donors (Lipinski definition) is 1. The Labute approximate surface area is 122 Å². The minimum atomic E-state index is -1.00. The molecule has 110 valence electrons. The van der Waals surface area contributed by atoms with Gasteiger partial charge >= 0.3 is 5.97 Å². The number of aliphatic carboxylic acids is 1. The molecule has 1 aliphatic rings. The van der Waals surface area contributed by atoms with E-state index in [2.05, 4.69) is 0 Å². The molecule has 1 aromatic heterocycles. The van der Waals surface area contributed by atoms with Crippen molar-refractivity contribution < 1.29 is 19.4 Å². The summed E-state index contributed by atoms with van der Waals surface area (Å²) in [5.41, 5.74) is 1.26. The SMILES string of the molecule is COCCN(CC(=O)O)C(=O)c1cc2c(s1)CCCC2. The number of carboxylic acids is 1. The molecule has 0 aliphatic heterocycles. The Morgan fingerprint density at radius 2 is 2.15 bits per heavy atom. The van der Waals surface area contributed by atoms with Gasteiger partial charge in [0.2, 0.25) is 0 Å². The summed E-state index contributed by atoms with van der Waals surface area (Å²) in [7, 11) is 1.53. The summed E-state index contributed by atoms with van der Waals surface area (Å²) in [6.45, 7) is 0.346. The van der Waals surface area contributed by atoms with Crippen LogP contribution in [0.2, 0.25) is 0 Å². The minimum absolute atomic E-state index is 0.205. The minimum Gasteiger partial charge on any atom is -0.480 e. The highest BCUT2D eigenvalue weighted by Gasteiger charge is 2.22. The number of hydrogen-bond acceptors (Lipinski definition) is 4. The quantitative estimate of drug-likeness (QED) is 0.869. The Hall–Kier alpha value is -1.40. The van der Waals surface area contributed by atoms with E-state index in [1.807, 2.05) is 6.07 Å². The number of nitrogens with zero attached hydrogens (tertiary/aromatic N) is 1. The van der Waals surface area contributed by atoms with Crippen LogP contribution in [0.3, 0.4) is 0 Å². The van der Waals surface area contributed by atoms with Crippen molar-refractivity contribution in [3.05, 3.63) is 21.4 Å². The summed E-state index contributed by atoms with van der Waals surface area (Å²) in [4.78, 5) is 26.6. The molecule has 0 bridgehead atoms. The topological polar surface area (TPSA) is 66.8 Å². The molecule has 0 fully saturated rings. The molecule has 0 unspecified atom stereocenters. The maximum atomic E-state index is 12.4. The number of fused-ring (bicyclic) bond motifs is 1. The molecule has 0 aromatic carbocycles. The van der Waals surface area contributed by atoms with E-state index in [1.54, 1.807) is 0 Å². The van der Waals surface area contributed by atoms with Crippen LogP contribution < -0.4 is 0 Å². The summed E-state index contributed by atoms with van der Waals surface area (Å²) < 4.78 is 4.94. The summed E-state index contributed by atoms with van der Waals surface area (Å²) in [6.07, 6.45) is 4.39. The van der Waals surface area contributed by atoms with Crippen molar-refractivity contribution in [2.45, 2.75) is 25.7 Å². The standard InChI is InChI=1S/C14H19NO4S/c1-19-7-6-15(9-13(16)17)14(18)12-8-10-4-2-3-5-11(10)20-12/h8H,2-7,9H2,1H3,(H,16,17). The van der Waals surface area contributed by atoms with Crippen LogP contribution in [0.15, 0.2) is 6.07 Å². The van der Waals surface area contributed by atoms with Gasteiger partial charge in [-0.1, -0.05) is 0 Å². The number of amides is 1. The Balaban J connectivity index is 2.13. The summed E-state index contributed by atoms with van der Waals surface area (Å²) in [5.74, 6) is -1.21. The van der Waals surface area contributed by atoms with Crippen molar-refractivity contribution in [1.82, 2.24) is 4.90 Å². The van der Waals surface area contributed by atoms with Crippen LogP contribution in [-0.4, -0.2) is 48.7 Å². The number of ether oxygens (including phenoxy) is 1. The molecular formula is C14H19NO4S. The lowest BCUT2D eigenvalue weighted by Gasteiger charge is -2.19. The van der Waals surface area contributed by atoms with E-state index < -0.39 is 5.97 Å².